The monoisotopic (exact) mass is 229 g/mol. The maximum atomic E-state index is 3.37. The number of aromatic amines is 1. The summed E-state index contributed by atoms with van der Waals surface area (Å²) >= 11 is 0. The zero-order valence-corrected chi connectivity index (χ0v) is 11.4. The number of rotatable bonds is 4. The highest BCUT2D eigenvalue weighted by atomic mass is 14.7. The standard InChI is InChI=1S/C16H23N/c1-11(2)7-13-5-6-16-15(9-13)14(10-17-16)8-12(3)4/h5-6,9-12,17H,7-8H2,1-4H3. The van der Waals surface area contributed by atoms with E-state index in [1.807, 2.05) is 0 Å². The molecule has 0 bridgehead atoms. The summed E-state index contributed by atoms with van der Waals surface area (Å²) in [6, 6.07) is 6.83. The lowest BCUT2D eigenvalue weighted by Crippen LogP contribution is -1.95. The summed E-state index contributed by atoms with van der Waals surface area (Å²) in [6.45, 7) is 9.10. The second-order valence-corrected chi connectivity index (χ2v) is 5.89. The van der Waals surface area contributed by atoms with E-state index >= 15 is 0 Å². The molecule has 17 heavy (non-hydrogen) atoms. The zero-order chi connectivity index (χ0) is 12.4. The van der Waals surface area contributed by atoms with E-state index in [0.29, 0.717) is 5.92 Å². The van der Waals surface area contributed by atoms with Gasteiger partial charge in [0.2, 0.25) is 0 Å². The molecule has 0 radical (unpaired) electrons. The zero-order valence-electron chi connectivity index (χ0n) is 11.4. The number of aromatic nitrogens is 1. The lowest BCUT2D eigenvalue weighted by molar-refractivity contribution is 0.646. The van der Waals surface area contributed by atoms with Gasteiger partial charge < -0.3 is 4.98 Å². The minimum absolute atomic E-state index is 0.711. The summed E-state index contributed by atoms with van der Waals surface area (Å²) in [4.78, 5) is 3.37. The van der Waals surface area contributed by atoms with Gasteiger partial charge in [0.25, 0.3) is 0 Å². The van der Waals surface area contributed by atoms with Gasteiger partial charge in [-0.15, -0.1) is 0 Å². The lowest BCUT2D eigenvalue weighted by atomic mass is 9.98. The highest BCUT2D eigenvalue weighted by molar-refractivity contribution is 5.83. The van der Waals surface area contributed by atoms with Crippen LogP contribution in [0.3, 0.4) is 0 Å². The molecule has 0 aliphatic rings. The van der Waals surface area contributed by atoms with Gasteiger partial charge in [-0.1, -0.05) is 33.8 Å². The Balaban J connectivity index is 2.36. The molecule has 0 atom stereocenters. The van der Waals surface area contributed by atoms with Gasteiger partial charge in [0.05, 0.1) is 0 Å². The minimum Gasteiger partial charge on any atom is -0.361 e. The summed E-state index contributed by atoms with van der Waals surface area (Å²) in [5.41, 5.74) is 4.19. The summed E-state index contributed by atoms with van der Waals surface area (Å²) in [5.74, 6) is 1.43. The topological polar surface area (TPSA) is 15.8 Å². The van der Waals surface area contributed by atoms with Crippen LogP contribution in [0.2, 0.25) is 0 Å². The second kappa shape index (κ2) is 4.95. The third-order valence-electron chi connectivity index (χ3n) is 3.10. The SMILES string of the molecule is CC(C)Cc1ccc2[nH]cc(CC(C)C)c2c1. The normalized spacial score (nSPS) is 11.9. The molecule has 1 heterocycles. The fourth-order valence-corrected chi connectivity index (χ4v) is 2.43. The van der Waals surface area contributed by atoms with Crippen molar-refractivity contribution in [3.05, 3.63) is 35.5 Å². The lowest BCUT2D eigenvalue weighted by Gasteiger charge is -2.07. The van der Waals surface area contributed by atoms with Crippen LogP contribution in [0.1, 0.15) is 38.8 Å². The van der Waals surface area contributed by atoms with Crippen LogP contribution in [-0.4, -0.2) is 4.98 Å². The first-order valence-corrected chi connectivity index (χ1v) is 6.65. The van der Waals surface area contributed by atoms with Crippen LogP contribution in [0, 0.1) is 11.8 Å². The molecule has 92 valence electrons. The summed E-state index contributed by atoms with van der Waals surface area (Å²) in [5, 5.41) is 1.41. The van der Waals surface area contributed by atoms with E-state index in [9.17, 15) is 0 Å². The predicted octanol–water partition coefficient (Wildman–Crippen LogP) is 4.56. The number of benzene rings is 1. The van der Waals surface area contributed by atoms with Gasteiger partial charge in [-0.2, -0.15) is 0 Å². The number of nitrogens with one attached hydrogen (secondary N) is 1. The molecule has 1 aromatic heterocycles. The summed E-state index contributed by atoms with van der Waals surface area (Å²) < 4.78 is 0. The molecule has 0 saturated heterocycles. The van der Waals surface area contributed by atoms with Crippen LogP contribution in [-0.2, 0) is 12.8 Å². The molecule has 2 aromatic rings. The maximum absolute atomic E-state index is 3.37. The third-order valence-corrected chi connectivity index (χ3v) is 3.10. The van der Waals surface area contributed by atoms with Crippen molar-refractivity contribution in [1.82, 2.24) is 4.98 Å². The average molecular weight is 229 g/mol. The Bertz CT molecular complexity index is 491. The second-order valence-electron chi connectivity index (χ2n) is 5.89. The summed E-state index contributed by atoms with van der Waals surface area (Å²) in [7, 11) is 0. The molecular formula is C16H23N. The minimum atomic E-state index is 0.711. The molecule has 0 spiro atoms. The summed E-state index contributed by atoms with van der Waals surface area (Å²) in [6.07, 6.45) is 4.50. The smallest absolute Gasteiger partial charge is 0.0456 e. The van der Waals surface area contributed by atoms with E-state index in [1.54, 1.807) is 0 Å². The van der Waals surface area contributed by atoms with E-state index in [-0.39, 0.29) is 0 Å². The molecule has 0 aliphatic heterocycles. The third kappa shape index (κ3) is 2.91. The van der Waals surface area contributed by atoms with Crippen molar-refractivity contribution in [2.45, 2.75) is 40.5 Å². The molecule has 0 saturated carbocycles. The Labute approximate surface area is 104 Å². The number of hydrogen-bond donors (Lipinski definition) is 1. The fourth-order valence-electron chi connectivity index (χ4n) is 2.43. The molecule has 0 aliphatic carbocycles. The largest absolute Gasteiger partial charge is 0.361 e. The highest BCUT2D eigenvalue weighted by Crippen LogP contribution is 2.23. The number of fused-ring (bicyclic) bond motifs is 1. The van der Waals surface area contributed by atoms with Crippen LogP contribution in [0.4, 0.5) is 0 Å². The Morgan fingerprint density at radius 3 is 2.35 bits per heavy atom. The molecular weight excluding hydrogens is 206 g/mol. The van der Waals surface area contributed by atoms with Gasteiger partial charge in [0, 0.05) is 17.1 Å². The van der Waals surface area contributed by atoms with Gasteiger partial charge in [-0.25, -0.2) is 0 Å². The Morgan fingerprint density at radius 1 is 1.00 bits per heavy atom. The Morgan fingerprint density at radius 2 is 1.71 bits per heavy atom. The average Bonchev–Trinajstić information content (AvgIpc) is 2.59. The van der Waals surface area contributed by atoms with E-state index in [1.165, 1.54) is 28.5 Å². The van der Waals surface area contributed by atoms with Crippen molar-refractivity contribution in [1.29, 1.82) is 0 Å². The fraction of sp³-hybridized carbons (Fsp3) is 0.500. The van der Waals surface area contributed by atoms with Gasteiger partial charge >= 0.3 is 0 Å². The van der Waals surface area contributed by atoms with Crippen LogP contribution in [0.25, 0.3) is 10.9 Å². The van der Waals surface area contributed by atoms with Gasteiger partial charge in [-0.3, -0.25) is 0 Å². The van der Waals surface area contributed by atoms with E-state index in [0.717, 1.165) is 12.3 Å². The molecule has 0 fully saturated rings. The highest BCUT2D eigenvalue weighted by Gasteiger charge is 2.07. The maximum Gasteiger partial charge on any atom is 0.0456 e. The first kappa shape index (κ1) is 12.2. The molecule has 1 N–H and O–H groups in total. The predicted molar refractivity (Wildman–Crippen MR) is 75.4 cm³/mol. The van der Waals surface area contributed by atoms with Crippen molar-refractivity contribution in [2.75, 3.05) is 0 Å². The Kier molecular flexibility index (Phi) is 3.56. The van der Waals surface area contributed by atoms with Gasteiger partial charge in [0.1, 0.15) is 0 Å². The molecule has 1 nitrogen and oxygen atoms in total. The molecule has 0 amide bonds. The molecule has 0 unspecified atom stereocenters. The van der Waals surface area contributed by atoms with E-state index < -0.39 is 0 Å². The Hall–Kier alpha value is -1.24. The van der Waals surface area contributed by atoms with Crippen molar-refractivity contribution in [3.63, 3.8) is 0 Å². The van der Waals surface area contributed by atoms with Crippen molar-refractivity contribution in [2.24, 2.45) is 11.8 Å². The molecule has 1 aromatic carbocycles. The van der Waals surface area contributed by atoms with Crippen molar-refractivity contribution in [3.8, 4) is 0 Å². The van der Waals surface area contributed by atoms with Gasteiger partial charge in [-0.05, 0) is 47.9 Å². The van der Waals surface area contributed by atoms with Crippen LogP contribution < -0.4 is 0 Å². The van der Waals surface area contributed by atoms with Crippen LogP contribution in [0.5, 0.6) is 0 Å². The van der Waals surface area contributed by atoms with Crippen molar-refractivity contribution >= 4 is 10.9 Å². The first-order chi connectivity index (χ1) is 8.06. The molecule has 2 rings (SSSR count). The van der Waals surface area contributed by atoms with Gasteiger partial charge in [0.15, 0.2) is 0 Å². The van der Waals surface area contributed by atoms with Crippen molar-refractivity contribution < 1.29 is 0 Å². The number of hydrogen-bond acceptors (Lipinski definition) is 0. The molecule has 1 heteroatoms. The number of H-pyrrole nitrogens is 1. The van der Waals surface area contributed by atoms with Crippen LogP contribution >= 0.6 is 0 Å². The van der Waals surface area contributed by atoms with E-state index in [4.69, 9.17) is 0 Å². The van der Waals surface area contributed by atoms with Crippen LogP contribution in [0.15, 0.2) is 24.4 Å². The first-order valence-electron chi connectivity index (χ1n) is 6.65. The van der Waals surface area contributed by atoms with E-state index in [2.05, 4.69) is 57.1 Å². The quantitative estimate of drug-likeness (QED) is 0.790.